The van der Waals surface area contributed by atoms with E-state index in [4.69, 9.17) is 5.73 Å². The molecule has 0 fully saturated rings. The van der Waals surface area contributed by atoms with Crippen molar-refractivity contribution in [2.45, 2.75) is 38.6 Å². The molecule has 0 bridgehead atoms. The highest BCUT2D eigenvalue weighted by Gasteiger charge is 2.16. The van der Waals surface area contributed by atoms with Crippen LogP contribution in [0.15, 0.2) is 21.5 Å². The summed E-state index contributed by atoms with van der Waals surface area (Å²) in [6.45, 7) is 2.12. The lowest BCUT2D eigenvalue weighted by Crippen LogP contribution is -2.13. The second-order valence-electron chi connectivity index (χ2n) is 4.11. The quantitative estimate of drug-likeness (QED) is 0.805. The number of halogens is 1. The molecule has 1 unspecified atom stereocenters. The maximum Gasteiger partial charge on any atom is 0.0731 e. The van der Waals surface area contributed by atoms with Crippen molar-refractivity contribution in [1.82, 2.24) is 0 Å². The van der Waals surface area contributed by atoms with Crippen molar-refractivity contribution < 1.29 is 0 Å². The van der Waals surface area contributed by atoms with Crippen LogP contribution >= 0.6 is 27.3 Å². The SMILES string of the molecule is Cc1cc(C(N)C2=CCCCC2)sc1Br. The summed E-state index contributed by atoms with van der Waals surface area (Å²) in [5, 5.41) is 0. The van der Waals surface area contributed by atoms with Gasteiger partial charge in [0.2, 0.25) is 0 Å². The standard InChI is InChI=1S/C12H16BrNS/c1-8-7-10(15-12(8)13)11(14)9-5-3-2-4-6-9/h5,7,11H,2-4,6,14H2,1H3. The molecule has 1 aromatic rings. The van der Waals surface area contributed by atoms with Gasteiger partial charge < -0.3 is 5.73 Å². The summed E-state index contributed by atoms with van der Waals surface area (Å²) >= 11 is 5.32. The van der Waals surface area contributed by atoms with Gasteiger partial charge in [0.1, 0.15) is 0 Å². The molecular weight excluding hydrogens is 270 g/mol. The van der Waals surface area contributed by atoms with Gasteiger partial charge in [-0.15, -0.1) is 11.3 Å². The first-order valence-corrected chi connectivity index (χ1v) is 7.00. The average molecular weight is 286 g/mol. The van der Waals surface area contributed by atoms with Crippen molar-refractivity contribution in [1.29, 1.82) is 0 Å². The van der Waals surface area contributed by atoms with Gasteiger partial charge >= 0.3 is 0 Å². The van der Waals surface area contributed by atoms with E-state index >= 15 is 0 Å². The van der Waals surface area contributed by atoms with Crippen LogP contribution in [0.25, 0.3) is 0 Å². The molecule has 82 valence electrons. The van der Waals surface area contributed by atoms with Crippen LogP contribution in [-0.4, -0.2) is 0 Å². The van der Waals surface area contributed by atoms with Crippen LogP contribution < -0.4 is 5.73 Å². The fraction of sp³-hybridized carbons (Fsp3) is 0.500. The number of nitrogens with two attached hydrogens (primary N) is 1. The molecule has 1 heterocycles. The van der Waals surface area contributed by atoms with Crippen molar-refractivity contribution in [2.24, 2.45) is 5.73 Å². The lowest BCUT2D eigenvalue weighted by Gasteiger charge is -2.18. The van der Waals surface area contributed by atoms with Crippen LogP contribution in [0.4, 0.5) is 0 Å². The summed E-state index contributed by atoms with van der Waals surface area (Å²) in [6, 6.07) is 2.33. The van der Waals surface area contributed by atoms with Gasteiger partial charge in [-0.3, -0.25) is 0 Å². The fourth-order valence-corrected chi connectivity index (χ4v) is 3.58. The van der Waals surface area contributed by atoms with E-state index in [1.165, 1.54) is 45.5 Å². The minimum atomic E-state index is 0.125. The smallest absolute Gasteiger partial charge is 0.0731 e. The first-order valence-electron chi connectivity index (χ1n) is 5.39. The molecule has 0 aromatic carbocycles. The number of allylic oxidation sites excluding steroid dienone is 1. The Labute approximate surface area is 104 Å². The molecule has 1 atom stereocenters. The summed E-state index contributed by atoms with van der Waals surface area (Å²) in [5.74, 6) is 0. The molecule has 0 spiro atoms. The van der Waals surface area contributed by atoms with Gasteiger partial charge in [0, 0.05) is 4.88 Å². The third kappa shape index (κ3) is 2.52. The lowest BCUT2D eigenvalue weighted by atomic mass is 9.93. The number of hydrogen-bond acceptors (Lipinski definition) is 2. The number of hydrogen-bond donors (Lipinski definition) is 1. The van der Waals surface area contributed by atoms with Gasteiger partial charge in [0.05, 0.1) is 9.83 Å². The van der Waals surface area contributed by atoms with Gasteiger partial charge in [-0.25, -0.2) is 0 Å². The van der Waals surface area contributed by atoms with Gasteiger partial charge in [-0.2, -0.15) is 0 Å². The Morgan fingerprint density at radius 3 is 2.80 bits per heavy atom. The molecule has 1 aliphatic carbocycles. The molecule has 0 aliphatic heterocycles. The van der Waals surface area contributed by atoms with E-state index in [9.17, 15) is 0 Å². The molecule has 15 heavy (non-hydrogen) atoms. The van der Waals surface area contributed by atoms with Crippen LogP contribution in [-0.2, 0) is 0 Å². The van der Waals surface area contributed by atoms with Crippen LogP contribution in [0.5, 0.6) is 0 Å². The molecule has 2 N–H and O–H groups in total. The van der Waals surface area contributed by atoms with Crippen LogP contribution in [0.2, 0.25) is 0 Å². The highest BCUT2D eigenvalue weighted by atomic mass is 79.9. The third-order valence-corrected chi connectivity index (χ3v) is 5.13. The normalized spacial score (nSPS) is 18.7. The van der Waals surface area contributed by atoms with E-state index in [1.807, 2.05) is 0 Å². The van der Waals surface area contributed by atoms with Crippen molar-refractivity contribution in [2.75, 3.05) is 0 Å². The predicted octanol–water partition coefficient (Wildman–Crippen LogP) is 4.32. The Morgan fingerprint density at radius 1 is 1.47 bits per heavy atom. The second-order valence-corrected chi connectivity index (χ2v) is 6.51. The number of rotatable bonds is 2. The Morgan fingerprint density at radius 2 is 2.27 bits per heavy atom. The molecule has 0 radical (unpaired) electrons. The van der Waals surface area contributed by atoms with E-state index in [2.05, 4.69) is 35.0 Å². The Bertz CT molecular complexity index is 361. The zero-order valence-corrected chi connectivity index (χ0v) is 11.3. The van der Waals surface area contributed by atoms with E-state index in [-0.39, 0.29) is 6.04 Å². The molecule has 1 aliphatic rings. The third-order valence-electron chi connectivity index (χ3n) is 2.91. The summed E-state index contributed by atoms with van der Waals surface area (Å²) in [6.07, 6.45) is 7.33. The largest absolute Gasteiger partial charge is 0.320 e. The molecule has 0 saturated carbocycles. The van der Waals surface area contributed by atoms with Crippen molar-refractivity contribution in [3.63, 3.8) is 0 Å². The summed E-state index contributed by atoms with van der Waals surface area (Å²) < 4.78 is 1.21. The fourth-order valence-electron chi connectivity index (χ4n) is 1.96. The minimum absolute atomic E-state index is 0.125. The molecular formula is C12H16BrNS. The molecule has 3 heteroatoms. The Hall–Kier alpha value is -0.120. The van der Waals surface area contributed by atoms with Crippen molar-refractivity contribution in [3.8, 4) is 0 Å². The highest BCUT2D eigenvalue weighted by Crippen LogP contribution is 2.35. The number of thiophene rings is 1. The lowest BCUT2D eigenvalue weighted by molar-refractivity contribution is 0.652. The summed E-state index contributed by atoms with van der Waals surface area (Å²) in [4.78, 5) is 1.28. The molecule has 1 aromatic heterocycles. The maximum atomic E-state index is 6.27. The van der Waals surface area contributed by atoms with Gasteiger partial charge in [-0.1, -0.05) is 11.6 Å². The Balaban J connectivity index is 2.19. The highest BCUT2D eigenvalue weighted by molar-refractivity contribution is 9.11. The van der Waals surface area contributed by atoms with E-state index in [0.717, 1.165) is 0 Å². The van der Waals surface area contributed by atoms with Crippen LogP contribution in [0.3, 0.4) is 0 Å². The minimum Gasteiger partial charge on any atom is -0.320 e. The summed E-state index contributed by atoms with van der Waals surface area (Å²) in [5.41, 5.74) is 8.99. The molecule has 0 saturated heterocycles. The van der Waals surface area contributed by atoms with E-state index in [0.29, 0.717) is 0 Å². The monoisotopic (exact) mass is 285 g/mol. The van der Waals surface area contributed by atoms with Gasteiger partial charge in [0.25, 0.3) is 0 Å². The first-order chi connectivity index (χ1) is 7.18. The van der Waals surface area contributed by atoms with Crippen LogP contribution in [0, 0.1) is 6.92 Å². The molecule has 0 amide bonds. The van der Waals surface area contributed by atoms with E-state index < -0.39 is 0 Å². The maximum absolute atomic E-state index is 6.27. The van der Waals surface area contributed by atoms with Gasteiger partial charge in [0.15, 0.2) is 0 Å². The van der Waals surface area contributed by atoms with Crippen molar-refractivity contribution >= 4 is 27.3 Å². The zero-order valence-electron chi connectivity index (χ0n) is 8.92. The van der Waals surface area contributed by atoms with Gasteiger partial charge in [-0.05, 0) is 60.2 Å². The zero-order chi connectivity index (χ0) is 10.8. The predicted molar refractivity (Wildman–Crippen MR) is 70.2 cm³/mol. The molecule has 1 nitrogen and oxygen atoms in total. The summed E-state index contributed by atoms with van der Waals surface area (Å²) in [7, 11) is 0. The Kier molecular flexibility index (Phi) is 3.65. The first kappa shape index (κ1) is 11.4. The molecule has 2 rings (SSSR count). The van der Waals surface area contributed by atoms with Crippen LogP contribution in [0.1, 0.15) is 42.2 Å². The average Bonchev–Trinajstić information content (AvgIpc) is 2.59. The van der Waals surface area contributed by atoms with Crippen molar-refractivity contribution in [3.05, 3.63) is 31.9 Å². The second kappa shape index (κ2) is 4.81. The van der Waals surface area contributed by atoms with E-state index in [1.54, 1.807) is 11.3 Å². The topological polar surface area (TPSA) is 26.0 Å². The number of aryl methyl sites for hydroxylation is 1.